The van der Waals surface area contributed by atoms with Gasteiger partial charge in [0.1, 0.15) is 5.75 Å². The minimum Gasteiger partial charge on any atom is -0.496 e. The number of aromatic nitrogens is 1. The van der Waals surface area contributed by atoms with E-state index in [-0.39, 0.29) is 0 Å². The summed E-state index contributed by atoms with van der Waals surface area (Å²) in [7, 11) is 1.57. The van der Waals surface area contributed by atoms with Crippen molar-refractivity contribution in [3.8, 4) is 16.9 Å². The van der Waals surface area contributed by atoms with Gasteiger partial charge in [-0.3, -0.25) is 14.6 Å². The van der Waals surface area contributed by atoms with Gasteiger partial charge in [-0.15, -0.1) is 0 Å². The van der Waals surface area contributed by atoms with E-state index in [9.17, 15) is 9.59 Å². The van der Waals surface area contributed by atoms with Gasteiger partial charge in [0, 0.05) is 23.5 Å². The molecule has 0 saturated heterocycles. The molecule has 0 spiro atoms. The lowest BCUT2D eigenvalue weighted by atomic mass is 9.97. The van der Waals surface area contributed by atoms with Crippen LogP contribution in [0, 0.1) is 6.92 Å². The van der Waals surface area contributed by atoms with Crippen molar-refractivity contribution < 1.29 is 14.3 Å². The quantitative estimate of drug-likeness (QED) is 0.521. The molecule has 0 fully saturated rings. The molecular weight excluding hydrogens is 314 g/mol. The Hall–Kier alpha value is -3.27. The van der Waals surface area contributed by atoms with Gasteiger partial charge in [0.2, 0.25) is 11.6 Å². The van der Waals surface area contributed by atoms with E-state index in [1.807, 2.05) is 25.1 Å². The molecule has 0 radical (unpaired) electrons. The first-order chi connectivity index (χ1) is 12.1. The van der Waals surface area contributed by atoms with E-state index >= 15 is 0 Å². The van der Waals surface area contributed by atoms with Crippen LogP contribution in [-0.4, -0.2) is 23.7 Å². The molecule has 124 valence electrons. The first kappa shape index (κ1) is 16.6. The van der Waals surface area contributed by atoms with Gasteiger partial charge in [0.25, 0.3) is 0 Å². The number of nitrogens with zero attached hydrogens (tertiary/aromatic N) is 1. The average molecular weight is 331 g/mol. The van der Waals surface area contributed by atoms with E-state index in [1.54, 1.807) is 55.9 Å². The van der Waals surface area contributed by atoms with Crippen LogP contribution in [0.25, 0.3) is 11.1 Å². The lowest BCUT2D eigenvalue weighted by molar-refractivity contribution is 0.0817. The maximum atomic E-state index is 12.6. The predicted octanol–water partition coefficient (Wildman–Crippen LogP) is 4.13. The molecule has 0 aliphatic rings. The third-order valence-corrected chi connectivity index (χ3v) is 4.00. The van der Waals surface area contributed by atoms with Crippen LogP contribution in [0.1, 0.15) is 26.3 Å². The van der Waals surface area contributed by atoms with E-state index in [0.717, 1.165) is 16.7 Å². The average Bonchev–Trinajstić information content (AvgIpc) is 2.67. The molecule has 3 aromatic rings. The Kier molecular flexibility index (Phi) is 4.70. The number of hydrogen-bond acceptors (Lipinski definition) is 4. The highest BCUT2D eigenvalue weighted by molar-refractivity contribution is 6.49. The molecule has 2 aromatic carbocycles. The molecule has 1 aromatic heterocycles. The van der Waals surface area contributed by atoms with Crippen LogP contribution in [0.3, 0.4) is 0 Å². The Balaban J connectivity index is 1.90. The largest absolute Gasteiger partial charge is 0.496 e. The summed E-state index contributed by atoms with van der Waals surface area (Å²) in [5, 5.41) is 0. The molecule has 0 saturated carbocycles. The predicted molar refractivity (Wildman–Crippen MR) is 96.1 cm³/mol. The van der Waals surface area contributed by atoms with Crippen LogP contribution in [-0.2, 0) is 0 Å². The standard InChI is InChI=1S/C21H17NO3/c1-14-12-18(6-7-19(14)25-2)21(24)20(23)17-5-3-4-16(13-17)15-8-10-22-11-9-15/h3-13H,1-2H3. The fourth-order valence-corrected chi connectivity index (χ4v) is 2.67. The summed E-state index contributed by atoms with van der Waals surface area (Å²) in [5.74, 6) is -0.373. The molecule has 0 amide bonds. The van der Waals surface area contributed by atoms with Crippen LogP contribution in [0.2, 0.25) is 0 Å². The van der Waals surface area contributed by atoms with E-state index in [4.69, 9.17) is 4.74 Å². The zero-order valence-corrected chi connectivity index (χ0v) is 14.0. The lowest BCUT2D eigenvalue weighted by Gasteiger charge is -2.07. The molecule has 1 heterocycles. The van der Waals surface area contributed by atoms with Gasteiger partial charge in [-0.25, -0.2) is 0 Å². The topological polar surface area (TPSA) is 56.3 Å². The maximum Gasteiger partial charge on any atom is 0.233 e. The fourth-order valence-electron chi connectivity index (χ4n) is 2.67. The summed E-state index contributed by atoms with van der Waals surface area (Å²) in [6, 6.07) is 15.8. The van der Waals surface area contributed by atoms with E-state index < -0.39 is 11.6 Å². The number of ether oxygens (including phenoxy) is 1. The van der Waals surface area contributed by atoms with Crippen molar-refractivity contribution in [2.24, 2.45) is 0 Å². The van der Waals surface area contributed by atoms with Crippen molar-refractivity contribution >= 4 is 11.6 Å². The number of ketones is 2. The maximum absolute atomic E-state index is 12.6. The smallest absolute Gasteiger partial charge is 0.233 e. The summed E-state index contributed by atoms with van der Waals surface area (Å²) in [5.41, 5.74) is 3.35. The van der Waals surface area contributed by atoms with Gasteiger partial charge in [-0.2, -0.15) is 0 Å². The summed E-state index contributed by atoms with van der Waals surface area (Å²) >= 11 is 0. The van der Waals surface area contributed by atoms with Gasteiger partial charge < -0.3 is 4.74 Å². The van der Waals surface area contributed by atoms with Gasteiger partial charge in [0.15, 0.2) is 0 Å². The molecular formula is C21H17NO3. The molecule has 0 bridgehead atoms. The van der Waals surface area contributed by atoms with E-state index in [2.05, 4.69) is 4.98 Å². The molecule has 25 heavy (non-hydrogen) atoms. The highest BCUT2D eigenvalue weighted by atomic mass is 16.5. The van der Waals surface area contributed by atoms with Crippen molar-refractivity contribution in [1.29, 1.82) is 0 Å². The van der Waals surface area contributed by atoms with E-state index in [0.29, 0.717) is 16.9 Å². The first-order valence-electron chi connectivity index (χ1n) is 7.84. The van der Waals surface area contributed by atoms with Crippen molar-refractivity contribution in [1.82, 2.24) is 4.98 Å². The number of methoxy groups -OCH3 is 1. The van der Waals surface area contributed by atoms with E-state index in [1.165, 1.54) is 0 Å². The number of carbonyl (C=O) groups excluding carboxylic acids is 2. The van der Waals surface area contributed by atoms with Crippen molar-refractivity contribution in [2.75, 3.05) is 7.11 Å². The van der Waals surface area contributed by atoms with Crippen LogP contribution in [0.4, 0.5) is 0 Å². The van der Waals surface area contributed by atoms with Crippen LogP contribution < -0.4 is 4.74 Å². The summed E-state index contributed by atoms with van der Waals surface area (Å²) in [6.07, 6.45) is 3.38. The van der Waals surface area contributed by atoms with Gasteiger partial charge in [-0.1, -0.05) is 18.2 Å². The second-order valence-electron chi connectivity index (χ2n) is 5.66. The van der Waals surface area contributed by atoms with Gasteiger partial charge in [-0.05, 0) is 60.0 Å². The first-order valence-corrected chi connectivity index (χ1v) is 7.84. The number of hydrogen-bond donors (Lipinski definition) is 0. The summed E-state index contributed by atoms with van der Waals surface area (Å²) in [4.78, 5) is 29.1. The Morgan fingerprint density at radius 3 is 2.16 bits per heavy atom. The van der Waals surface area contributed by atoms with Crippen LogP contribution in [0.15, 0.2) is 67.0 Å². The third kappa shape index (κ3) is 3.48. The molecule has 0 unspecified atom stereocenters. The molecule has 4 nitrogen and oxygen atoms in total. The SMILES string of the molecule is COc1ccc(C(=O)C(=O)c2cccc(-c3ccncc3)c2)cc1C. The molecule has 0 aliphatic heterocycles. The normalized spacial score (nSPS) is 10.3. The monoisotopic (exact) mass is 331 g/mol. The Bertz CT molecular complexity index is 933. The number of rotatable bonds is 5. The summed E-state index contributed by atoms with van der Waals surface area (Å²) in [6.45, 7) is 1.84. The molecule has 4 heteroatoms. The zero-order valence-electron chi connectivity index (χ0n) is 14.0. The zero-order chi connectivity index (χ0) is 17.8. The number of aryl methyl sites for hydroxylation is 1. The van der Waals surface area contributed by atoms with Crippen LogP contribution >= 0.6 is 0 Å². The molecule has 0 atom stereocenters. The minimum atomic E-state index is -0.530. The number of benzene rings is 2. The molecule has 0 N–H and O–H groups in total. The second-order valence-corrected chi connectivity index (χ2v) is 5.66. The number of carbonyl (C=O) groups is 2. The minimum absolute atomic E-state index is 0.359. The fraction of sp³-hybridized carbons (Fsp3) is 0.0952. The second kappa shape index (κ2) is 7.09. The Labute approximate surface area is 146 Å². The Morgan fingerprint density at radius 1 is 0.840 bits per heavy atom. The highest BCUT2D eigenvalue weighted by Gasteiger charge is 2.19. The highest BCUT2D eigenvalue weighted by Crippen LogP contribution is 2.22. The molecule has 0 aliphatic carbocycles. The number of pyridine rings is 1. The number of Topliss-reactive ketones (excluding diaryl/α,β-unsaturated/α-hetero) is 2. The van der Waals surface area contributed by atoms with Crippen molar-refractivity contribution in [3.05, 3.63) is 83.7 Å². The van der Waals surface area contributed by atoms with Gasteiger partial charge in [0.05, 0.1) is 7.11 Å². The summed E-state index contributed by atoms with van der Waals surface area (Å²) < 4.78 is 5.19. The lowest BCUT2D eigenvalue weighted by Crippen LogP contribution is -2.14. The van der Waals surface area contributed by atoms with Crippen molar-refractivity contribution in [3.63, 3.8) is 0 Å². The Morgan fingerprint density at radius 2 is 1.52 bits per heavy atom. The molecule has 3 rings (SSSR count). The third-order valence-electron chi connectivity index (χ3n) is 4.00. The van der Waals surface area contributed by atoms with Gasteiger partial charge >= 0.3 is 0 Å². The van der Waals surface area contributed by atoms with Crippen LogP contribution in [0.5, 0.6) is 5.75 Å². The van der Waals surface area contributed by atoms with Crippen molar-refractivity contribution in [2.45, 2.75) is 6.92 Å².